The number of fused-ring (bicyclic) bond motifs is 18. The summed E-state index contributed by atoms with van der Waals surface area (Å²) >= 11 is 0. The van der Waals surface area contributed by atoms with Crippen molar-refractivity contribution >= 4 is 135 Å². The van der Waals surface area contributed by atoms with E-state index in [4.69, 9.17) is 0 Å². The van der Waals surface area contributed by atoms with Gasteiger partial charge in [-0.3, -0.25) is 0 Å². The van der Waals surface area contributed by atoms with Crippen LogP contribution < -0.4 is 31.7 Å². The zero-order valence-corrected chi connectivity index (χ0v) is 36.7. The van der Waals surface area contributed by atoms with Crippen molar-refractivity contribution in [2.75, 3.05) is 9.80 Å². The van der Waals surface area contributed by atoms with E-state index in [0.29, 0.717) is 0 Å². The van der Waals surface area contributed by atoms with Crippen LogP contribution in [0.4, 0.5) is 34.1 Å². The van der Waals surface area contributed by atoms with Gasteiger partial charge in [-0.2, -0.15) is 0 Å². The van der Waals surface area contributed by atoms with E-state index >= 15 is 0 Å². The molecule has 0 unspecified atom stereocenters. The Morgan fingerprint density at radius 1 is 0.294 bits per heavy atom. The molecule has 4 nitrogen and oxygen atoms in total. The Bertz CT molecular complexity index is 4140. The van der Waals surface area contributed by atoms with Crippen LogP contribution in [-0.4, -0.2) is 22.7 Å². The minimum Gasteiger partial charge on any atom is -0.375 e. The average Bonchev–Trinajstić information content (AvgIpc) is 3.90. The monoisotopic (exact) mass is 858 g/mol. The maximum Gasteiger partial charge on any atom is 0.333 e. The van der Waals surface area contributed by atoms with E-state index in [1.807, 2.05) is 0 Å². The van der Waals surface area contributed by atoms with Crippen LogP contribution in [0.3, 0.4) is 0 Å². The zero-order valence-electron chi connectivity index (χ0n) is 36.7. The molecule has 0 bridgehead atoms. The molecule has 0 aliphatic carbocycles. The van der Waals surface area contributed by atoms with Crippen molar-refractivity contribution in [3.05, 3.63) is 218 Å². The van der Waals surface area contributed by atoms with Crippen LogP contribution >= 0.6 is 0 Å². The first-order chi connectivity index (χ1) is 33.8. The third kappa shape index (κ3) is 4.22. The molecule has 6 heteroatoms. The molecule has 0 saturated heterocycles. The summed E-state index contributed by atoms with van der Waals surface area (Å²) in [6.07, 6.45) is 0. The molecule has 11 aromatic carbocycles. The summed E-state index contributed by atoms with van der Waals surface area (Å²) in [7, 11) is 0. The maximum absolute atomic E-state index is 2.72. The number of anilines is 6. The summed E-state index contributed by atoms with van der Waals surface area (Å²) in [5.41, 5.74) is 22.8. The van der Waals surface area contributed by atoms with Gasteiger partial charge in [-0.1, -0.05) is 152 Å². The molecule has 2 aromatic heterocycles. The topological polar surface area (TPSA) is 16.3 Å². The third-order valence-corrected chi connectivity index (χ3v) is 16.0. The van der Waals surface area contributed by atoms with Crippen molar-refractivity contribution in [1.82, 2.24) is 8.96 Å². The molecule has 68 heavy (non-hydrogen) atoms. The Labute approximate surface area is 392 Å². The van der Waals surface area contributed by atoms with Gasteiger partial charge in [-0.25, -0.2) is 0 Å². The van der Waals surface area contributed by atoms with Crippen molar-refractivity contribution in [3.63, 3.8) is 0 Å². The number of para-hydroxylation sites is 4. The van der Waals surface area contributed by atoms with Crippen molar-refractivity contribution in [2.45, 2.75) is 0 Å². The molecule has 17 rings (SSSR count). The second kappa shape index (κ2) is 12.6. The molecule has 0 radical (unpaired) electrons. The highest BCUT2D eigenvalue weighted by molar-refractivity contribution is 6.93. The molecule has 6 heterocycles. The Morgan fingerprint density at radius 3 is 1.18 bits per heavy atom. The van der Waals surface area contributed by atoms with Crippen LogP contribution in [-0.2, 0) is 0 Å². The highest BCUT2D eigenvalue weighted by Gasteiger charge is 2.48. The van der Waals surface area contributed by atoms with Crippen LogP contribution in [0.15, 0.2) is 218 Å². The van der Waals surface area contributed by atoms with Gasteiger partial charge in [0.25, 0.3) is 0 Å². The van der Waals surface area contributed by atoms with Crippen LogP contribution in [0.1, 0.15) is 0 Å². The minimum atomic E-state index is -0.0967. The largest absolute Gasteiger partial charge is 0.375 e. The highest BCUT2D eigenvalue weighted by atomic mass is 15.2. The fourth-order valence-electron chi connectivity index (χ4n) is 13.5. The SMILES string of the molecule is c1ccc(N2c3cc4c(cc3B3c5c(cccc52)-c2c5ccccc5cc5c6ccccc6n3c25)B2c3c(cccc3N4c3ccccc3)-c3c4ccccc4cc4c5ccccc5n2c34)cc1. The van der Waals surface area contributed by atoms with Gasteiger partial charge in [-0.05, 0) is 121 Å². The fraction of sp³-hybridized carbons (Fsp3) is 0. The third-order valence-electron chi connectivity index (χ3n) is 16.0. The van der Waals surface area contributed by atoms with Gasteiger partial charge in [0.2, 0.25) is 0 Å². The van der Waals surface area contributed by atoms with E-state index in [1.54, 1.807) is 0 Å². The van der Waals surface area contributed by atoms with Crippen LogP contribution in [0.2, 0.25) is 0 Å². The number of aromatic nitrogens is 2. The summed E-state index contributed by atoms with van der Waals surface area (Å²) in [6, 6.07) is 82.5. The van der Waals surface area contributed by atoms with Crippen LogP contribution in [0, 0.1) is 0 Å². The van der Waals surface area contributed by atoms with E-state index in [9.17, 15) is 0 Å². The molecule has 0 saturated carbocycles. The van der Waals surface area contributed by atoms with Gasteiger partial charge in [0.15, 0.2) is 0 Å². The van der Waals surface area contributed by atoms with Crippen molar-refractivity contribution in [3.8, 4) is 22.3 Å². The highest BCUT2D eigenvalue weighted by Crippen LogP contribution is 2.51. The summed E-state index contributed by atoms with van der Waals surface area (Å²) in [5.74, 6) is 0. The summed E-state index contributed by atoms with van der Waals surface area (Å²) < 4.78 is 5.43. The normalized spacial score (nSPS) is 13.8. The fourth-order valence-corrected chi connectivity index (χ4v) is 13.5. The summed E-state index contributed by atoms with van der Waals surface area (Å²) in [4.78, 5) is 5.12. The number of hydrogen-bond acceptors (Lipinski definition) is 2. The molecule has 0 N–H and O–H groups in total. The van der Waals surface area contributed by atoms with Gasteiger partial charge >= 0.3 is 13.7 Å². The van der Waals surface area contributed by atoms with Crippen LogP contribution in [0.25, 0.3) is 87.4 Å². The molecule has 4 aliphatic rings. The smallest absolute Gasteiger partial charge is 0.333 e. The molecule has 310 valence electrons. The summed E-state index contributed by atoms with van der Waals surface area (Å²) in [6.45, 7) is -0.193. The quantitative estimate of drug-likeness (QED) is 0.161. The lowest BCUT2D eigenvalue weighted by atomic mass is 9.41. The standard InChI is InChI=1S/C62H36B2N4/c1-3-19-39(20-4-1)65-53-31-15-27-45-57-41-23-9-7-17-37(41)33-47-43-25-11-13-29-51(43)67(61(47)57)63(59(45)53)49-35-50-56(36-55(49)65)66(40-21-5-2-6-22-40)54-32-16-28-46-58-42-24-10-8-18-38(42)34-48-44-26-12-14-30-52(44)68(62(48)58)64(50)60(46)54/h1-36H. The number of benzene rings is 11. The first kappa shape index (κ1) is 35.5. The van der Waals surface area contributed by atoms with Crippen molar-refractivity contribution < 1.29 is 0 Å². The lowest BCUT2D eigenvalue weighted by Crippen LogP contribution is -2.61. The average molecular weight is 859 g/mol. The molecular weight excluding hydrogens is 822 g/mol. The van der Waals surface area contributed by atoms with Crippen molar-refractivity contribution in [2.24, 2.45) is 0 Å². The van der Waals surface area contributed by atoms with E-state index in [0.717, 1.165) is 11.4 Å². The van der Waals surface area contributed by atoms with E-state index in [2.05, 4.69) is 237 Å². The lowest BCUT2D eigenvalue weighted by molar-refractivity contribution is 1.23. The zero-order chi connectivity index (χ0) is 43.9. The Balaban J connectivity index is 1.07. The molecular formula is C62H36B2N4. The second-order valence-corrected chi connectivity index (χ2v) is 19.1. The molecule has 4 aliphatic heterocycles. The molecule has 0 atom stereocenters. The number of rotatable bonds is 2. The van der Waals surface area contributed by atoms with Gasteiger partial charge in [0.1, 0.15) is 0 Å². The maximum atomic E-state index is 2.72. The first-order valence-corrected chi connectivity index (χ1v) is 23.8. The predicted octanol–water partition coefficient (Wildman–Crippen LogP) is 13.0. The number of nitrogens with zero attached hydrogens (tertiary/aromatic N) is 4. The Kier molecular flexibility index (Phi) is 6.57. The van der Waals surface area contributed by atoms with Gasteiger partial charge in [0, 0.05) is 88.9 Å². The van der Waals surface area contributed by atoms with Gasteiger partial charge < -0.3 is 18.8 Å². The molecule has 0 spiro atoms. The lowest BCUT2D eigenvalue weighted by Gasteiger charge is -2.44. The summed E-state index contributed by atoms with van der Waals surface area (Å²) in [5, 5.41) is 10.3. The number of hydrogen-bond donors (Lipinski definition) is 0. The van der Waals surface area contributed by atoms with E-state index in [-0.39, 0.29) is 13.7 Å². The minimum absolute atomic E-state index is 0.0967. The van der Waals surface area contributed by atoms with Gasteiger partial charge in [-0.15, -0.1) is 0 Å². The molecule has 0 fully saturated rings. The van der Waals surface area contributed by atoms with E-state index in [1.165, 1.54) is 132 Å². The Morgan fingerprint density at radius 2 is 0.706 bits per heavy atom. The Hall–Kier alpha value is -8.73. The predicted molar refractivity (Wildman–Crippen MR) is 289 cm³/mol. The molecule has 13 aromatic rings. The van der Waals surface area contributed by atoms with Crippen LogP contribution in [0.5, 0.6) is 0 Å². The molecule has 0 amide bonds. The van der Waals surface area contributed by atoms with Gasteiger partial charge in [0.05, 0.1) is 0 Å². The van der Waals surface area contributed by atoms with Crippen molar-refractivity contribution in [1.29, 1.82) is 0 Å². The van der Waals surface area contributed by atoms with E-state index < -0.39 is 0 Å². The first-order valence-electron chi connectivity index (χ1n) is 23.8. The second-order valence-electron chi connectivity index (χ2n) is 19.1.